The molecule has 7 heteroatoms. The number of rotatable bonds is 7. The molecular formula is C24H20ClN3O3. The van der Waals surface area contributed by atoms with Crippen LogP contribution < -0.4 is 4.74 Å². The van der Waals surface area contributed by atoms with Crippen molar-refractivity contribution in [2.75, 3.05) is 7.05 Å². The topological polar surface area (TPSA) is 68.5 Å². The highest BCUT2D eigenvalue weighted by atomic mass is 35.5. The first kappa shape index (κ1) is 20.6. The highest BCUT2D eigenvalue weighted by Crippen LogP contribution is 2.25. The van der Waals surface area contributed by atoms with E-state index in [-0.39, 0.29) is 12.5 Å². The van der Waals surface area contributed by atoms with Crippen molar-refractivity contribution in [2.45, 2.75) is 13.2 Å². The van der Waals surface area contributed by atoms with Crippen molar-refractivity contribution in [3.8, 4) is 17.1 Å². The largest absolute Gasteiger partial charge is 0.488 e. The second kappa shape index (κ2) is 9.45. The number of amides is 1. The van der Waals surface area contributed by atoms with Crippen molar-refractivity contribution in [1.29, 1.82) is 0 Å². The number of aromatic nitrogens is 2. The molecule has 0 aliphatic carbocycles. The molecule has 0 aliphatic heterocycles. The van der Waals surface area contributed by atoms with Gasteiger partial charge in [-0.3, -0.25) is 4.79 Å². The fraction of sp³-hybridized carbons (Fsp3) is 0.125. The lowest BCUT2D eigenvalue weighted by Crippen LogP contribution is -2.26. The lowest BCUT2D eigenvalue weighted by molar-refractivity contribution is 0.0764. The van der Waals surface area contributed by atoms with Crippen LogP contribution in [-0.4, -0.2) is 28.0 Å². The number of hydrogen-bond acceptors (Lipinski definition) is 5. The number of carbonyl (C=O) groups excluding carboxylic acids is 1. The number of para-hydroxylation sites is 1. The minimum absolute atomic E-state index is 0.156. The van der Waals surface area contributed by atoms with Crippen LogP contribution in [0.15, 0.2) is 83.4 Å². The molecule has 156 valence electrons. The highest BCUT2D eigenvalue weighted by Gasteiger charge is 2.20. The molecule has 4 rings (SSSR count). The summed E-state index contributed by atoms with van der Waals surface area (Å²) in [7, 11) is 1.68. The summed E-state index contributed by atoms with van der Waals surface area (Å²) in [5.41, 5.74) is 2.16. The van der Waals surface area contributed by atoms with Crippen LogP contribution in [0.25, 0.3) is 11.4 Å². The first-order valence-electron chi connectivity index (χ1n) is 9.70. The van der Waals surface area contributed by atoms with Crippen molar-refractivity contribution in [2.24, 2.45) is 0 Å². The van der Waals surface area contributed by atoms with Crippen molar-refractivity contribution in [3.05, 3.63) is 101 Å². The zero-order valence-corrected chi connectivity index (χ0v) is 17.6. The van der Waals surface area contributed by atoms with Crippen LogP contribution in [-0.2, 0) is 13.2 Å². The third-order valence-corrected chi connectivity index (χ3v) is 4.99. The molecule has 3 aromatic carbocycles. The van der Waals surface area contributed by atoms with Gasteiger partial charge in [0.2, 0.25) is 11.7 Å². The molecule has 1 amide bonds. The van der Waals surface area contributed by atoms with Crippen molar-refractivity contribution in [3.63, 3.8) is 0 Å². The molecule has 0 N–H and O–H groups in total. The molecular weight excluding hydrogens is 414 g/mol. The van der Waals surface area contributed by atoms with E-state index in [1.165, 1.54) is 4.90 Å². The molecule has 1 aromatic heterocycles. The van der Waals surface area contributed by atoms with E-state index >= 15 is 0 Å². The predicted octanol–water partition coefficient (Wildman–Crippen LogP) is 5.24. The Bertz CT molecular complexity index is 1180. The molecule has 0 atom stereocenters. The summed E-state index contributed by atoms with van der Waals surface area (Å²) >= 11 is 6.20. The Balaban J connectivity index is 1.46. The van der Waals surface area contributed by atoms with Gasteiger partial charge in [0.15, 0.2) is 0 Å². The summed E-state index contributed by atoms with van der Waals surface area (Å²) in [6.07, 6.45) is 0. The predicted molar refractivity (Wildman–Crippen MR) is 118 cm³/mol. The maximum Gasteiger partial charge on any atom is 0.257 e. The zero-order chi connectivity index (χ0) is 21.6. The smallest absolute Gasteiger partial charge is 0.257 e. The van der Waals surface area contributed by atoms with Gasteiger partial charge >= 0.3 is 0 Å². The number of benzene rings is 3. The summed E-state index contributed by atoms with van der Waals surface area (Å²) in [5, 5.41) is 4.51. The summed E-state index contributed by atoms with van der Waals surface area (Å²) in [6, 6.07) is 24.2. The fourth-order valence-electron chi connectivity index (χ4n) is 3.06. The summed E-state index contributed by atoms with van der Waals surface area (Å²) in [6.45, 7) is 0.531. The molecule has 0 unspecified atom stereocenters. The van der Waals surface area contributed by atoms with Gasteiger partial charge in [0.25, 0.3) is 5.91 Å². The Morgan fingerprint density at radius 3 is 2.52 bits per heavy atom. The van der Waals surface area contributed by atoms with E-state index in [1.807, 2.05) is 54.6 Å². The molecule has 0 saturated heterocycles. The van der Waals surface area contributed by atoms with Gasteiger partial charge in [0.1, 0.15) is 18.9 Å². The van der Waals surface area contributed by atoms with E-state index in [0.29, 0.717) is 40.2 Å². The molecule has 1 heterocycles. The third-order valence-electron chi connectivity index (χ3n) is 4.66. The van der Waals surface area contributed by atoms with Crippen LogP contribution in [0.2, 0.25) is 5.02 Å². The molecule has 0 spiro atoms. The first-order valence-corrected chi connectivity index (χ1v) is 10.1. The number of hydrogen-bond donors (Lipinski definition) is 0. The van der Waals surface area contributed by atoms with E-state index in [4.69, 9.17) is 20.9 Å². The average molecular weight is 434 g/mol. The first-order chi connectivity index (χ1) is 15.1. The number of ether oxygens (including phenoxy) is 1. The lowest BCUT2D eigenvalue weighted by Gasteiger charge is -2.17. The van der Waals surface area contributed by atoms with Gasteiger partial charge in [-0.2, -0.15) is 4.98 Å². The quantitative estimate of drug-likeness (QED) is 0.398. The van der Waals surface area contributed by atoms with E-state index < -0.39 is 0 Å². The molecule has 0 saturated carbocycles. The highest BCUT2D eigenvalue weighted by molar-refractivity contribution is 6.33. The van der Waals surface area contributed by atoms with Crippen LogP contribution in [0.3, 0.4) is 0 Å². The monoisotopic (exact) mass is 433 g/mol. The second-order valence-electron chi connectivity index (χ2n) is 6.92. The maximum atomic E-state index is 13.0. The maximum absolute atomic E-state index is 13.0. The van der Waals surface area contributed by atoms with E-state index in [1.54, 1.807) is 31.3 Å². The lowest BCUT2D eigenvalue weighted by atomic mass is 10.1. The van der Waals surface area contributed by atoms with Crippen LogP contribution in [0.1, 0.15) is 21.8 Å². The molecule has 0 aliphatic rings. The average Bonchev–Trinajstić information content (AvgIpc) is 3.26. The van der Waals surface area contributed by atoms with E-state index in [0.717, 1.165) is 5.56 Å². The fourth-order valence-corrected chi connectivity index (χ4v) is 3.28. The van der Waals surface area contributed by atoms with Gasteiger partial charge in [0, 0.05) is 12.6 Å². The van der Waals surface area contributed by atoms with Gasteiger partial charge in [-0.25, -0.2) is 0 Å². The Morgan fingerprint density at radius 2 is 1.71 bits per heavy atom. The molecule has 0 bridgehead atoms. The molecule has 31 heavy (non-hydrogen) atoms. The molecule has 0 fully saturated rings. The van der Waals surface area contributed by atoms with Crippen molar-refractivity contribution in [1.82, 2.24) is 15.0 Å². The standard InChI is InChI=1S/C24H20ClN3O3/c1-28(15-22-26-23(27-31-22)18-11-5-7-13-20(18)25)24(29)19-12-6-8-14-21(19)30-16-17-9-3-2-4-10-17/h2-14H,15-16H2,1H3. The van der Waals surface area contributed by atoms with E-state index in [2.05, 4.69) is 10.1 Å². The van der Waals surface area contributed by atoms with Crippen molar-refractivity contribution < 1.29 is 14.1 Å². The number of nitrogens with zero attached hydrogens (tertiary/aromatic N) is 3. The van der Waals surface area contributed by atoms with E-state index in [9.17, 15) is 4.79 Å². The Morgan fingerprint density at radius 1 is 1.00 bits per heavy atom. The van der Waals surface area contributed by atoms with Crippen LogP contribution in [0.5, 0.6) is 5.75 Å². The molecule has 6 nitrogen and oxygen atoms in total. The number of carbonyl (C=O) groups is 1. The number of halogens is 1. The minimum Gasteiger partial charge on any atom is -0.488 e. The second-order valence-corrected chi connectivity index (χ2v) is 7.33. The zero-order valence-electron chi connectivity index (χ0n) is 16.9. The van der Waals surface area contributed by atoms with Crippen LogP contribution >= 0.6 is 11.6 Å². The molecule has 4 aromatic rings. The third kappa shape index (κ3) is 4.92. The normalized spacial score (nSPS) is 10.6. The van der Waals surface area contributed by atoms with Crippen LogP contribution in [0, 0.1) is 0 Å². The van der Waals surface area contributed by atoms with Crippen LogP contribution in [0.4, 0.5) is 0 Å². The van der Waals surface area contributed by atoms with Gasteiger partial charge in [-0.05, 0) is 29.8 Å². The Kier molecular flexibility index (Phi) is 6.29. The Labute approximate surface area is 185 Å². The van der Waals surface area contributed by atoms with Gasteiger partial charge in [-0.1, -0.05) is 71.4 Å². The minimum atomic E-state index is -0.207. The summed E-state index contributed by atoms with van der Waals surface area (Å²) in [5.74, 6) is 1.01. The molecule has 0 radical (unpaired) electrons. The Hall–Kier alpha value is -3.64. The summed E-state index contributed by atoms with van der Waals surface area (Å²) in [4.78, 5) is 18.9. The summed E-state index contributed by atoms with van der Waals surface area (Å²) < 4.78 is 11.2. The SMILES string of the molecule is CN(Cc1nc(-c2ccccc2Cl)no1)C(=O)c1ccccc1OCc1ccccc1. The van der Waals surface area contributed by atoms with Gasteiger partial charge in [0.05, 0.1) is 10.6 Å². The van der Waals surface area contributed by atoms with Gasteiger partial charge in [-0.15, -0.1) is 0 Å². The van der Waals surface area contributed by atoms with Crippen molar-refractivity contribution >= 4 is 17.5 Å². The van der Waals surface area contributed by atoms with Gasteiger partial charge < -0.3 is 14.2 Å².